The Morgan fingerprint density at radius 1 is 1.35 bits per heavy atom. The Morgan fingerprint density at radius 2 is 2.20 bits per heavy atom. The van der Waals surface area contributed by atoms with Gasteiger partial charge in [-0.3, -0.25) is 0 Å². The second-order valence-electron chi connectivity index (χ2n) is 4.97. The van der Waals surface area contributed by atoms with Gasteiger partial charge in [0.15, 0.2) is 11.6 Å². The summed E-state index contributed by atoms with van der Waals surface area (Å²) in [6.07, 6.45) is 2.82. The van der Waals surface area contributed by atoms with E-state index in [9.17, 15) is 4.39 Å². The number of hydrogen-bond donors (Lipinski definition) is 1. The molecule has 2 N–H and O–H groups in total. The van der Waals surface area contributed by atoms with Gasteiger partial charge >= 0.3 is 0 Å². The smallest absolute Gasteiger partial charge is 0.187 e. The van der Waals surface area contributed by atoms with Crippen LogP contribution in [-0.4, -0.2) is 16.5 Å². The van der Waals surface area contributed by atoms with Crippen molar-refractivity contribution >= 4 is 11.5 Å². The number of anilines is 2. The first-order valence-electron chi connectivity index (χ1n) is 6.81. The van der Waals surface area contributed by atoms with Crippen LogP contribution in [0.25, 0.3) is 0 Å². The van der Waals surface area contributed by atoms with Crippen molar-refractivity contribution in [3.63, 3.8) is 0 Å². The standard InChI is InChI=1S/C15H17FN4/c1-2-13-14(16)15(19-9-18-13)20-7-6-11-10(8-20)4-3-5-12(11)17/h3-5,9H,2,6-8,17H2,1H3. The predicted molar refractivity (Wildman–Crippen MR) is 77.0 cm³/mol. The Kier molecular flexibility index (Phi) is 3.26. The molecule has 1 aliphatic rings. The molecule has 0 spiro atoms. The molecule has 3 rings (SSSR count). The summed E-state index contributed by atoms with van der Waals surface area (Å²) in [7, 11) is 0. The van der Waals surface area contributed by atoms with Crippen molar-refractivity contribution in [1.82, 2.24) is 9.97 Å². The molecule has 0 saturated heterocycles. The topological polar surface area (TPSA) is 55.0 Å². The molecule has 2 aromatic rings. The first kappa shape index (κ1) is 12.8. The second kappa shape index (κ2) is 5.07. The predicted octanol–water partition coefficient (Wildman–Crippen LogP) is 2.32. The van der Waals surface area contributed by atoms with Crippen LogP contribution in [0.1, 0.15) is 23.7 Å². The van der Waals surface area contributed by atoms with Gasteiger partial charge in [0.05, 0.1) is 5.69 Å². The van der Waals surface area contributed by atoms with Gasteiger partial charge in [-0.25, -0.2) is 14.4 Å². The Labute approximate surface area is 117 Å². The van der Waals surface area contributed by atoms with Crippen LogP contribution in [0.3, 0.4) is 0 Å². The van der Waals surface area contributed by atoms with Gasteiger partial charge in [0.25, 0.3) is 0 Å². The molecule has 5 heteroatoms. The van der Waals surface area contributed by atoms with E-state index >= 15 is 0 Å². The molecule has 4 nitrogen and oxygen atoms in total. The molecule has 2 heterocycles. The lowest BCUT2D eigenvalue weighted by Crippen LogP contribution is -2.32. The van der Waals surface area contributed by atoms with Crippen molar-refractivity contribution in [3.05, 3.63) is 47.2 Å². The molecule has 104 valence electrons. The minimum absolute atomic E-state index is 0.303. The summed E-state index contributed by atoms with van der Waals surface area (Å²) >= 11 is 0. The monoisotopic (exact) mass is 272 g/mol. The van der Waals surface area contributed by atoms with E-state index in [0.29, 0.717) is 24.5 Å². The Hall–Kier alpha value is -2.17. The lowest BCUT2D eigenvalue weighted by molar-refractivity contribution is 0.577. The number of nitrogens with two attached hydrogens (primary N) is 1. The number of aryl methyl sites for hydroxylation is 1. The fourth-order valence-electron chi connectivity index (χ4n) is 2.68. The highest BCUT2D eigenvalue weighted by Crippen LogP contribution is 2.28. The maximum absolute atomic E-state index is 14.3. The summed E-state index contributed by atoms with van der Waals surface area (Å²) < 4.78 is 14.3. The van der Waals surface area contributed by atoms with E-state index in [2.05, 4.69) is 9.97 Å². The van der Waals surface area contributed by atoms with Crippen LogP contribution in [0.4, 0.5) is 15.9 Å². The van der Waals surface area contributed by atoms with E-state index < -0.39 is 0 Å². The summed E-state index contributed by atoms with van der Waals surface area (Å²) in [4.78, 5) is 10.0. The molecule has 0 unspecified atom stereocenters. The van der Waals surface area contributed by atoms with Crippen LogP contribution in [0.5, 0.6) is 0 Å². The first-order valence-corrected chi connectivity index (χ1v) is 6.81. The number of benzene rings is 1. The Balaban J connectivity index is 1.95. The molecule has 1 aromatic carbocycles. The van der Waals surface area contributed by atoms with E-state index in [1.807, 2.05) is 30.0 Å². The zero-order valence-electron chi connectivity index (χ0n) is 11.4. The van der Waals surface area contributed by atoms with Crippen molar-refractivity contribution in [2.24, 2.45) is 0 Å². The van der Waals surface area contributed by atoms with Crippen molar-refractivity contribution in [2.75, 3.05) is 17.2 Å². The Bertz CT molecular complexity index is 642. The zero-order valence-corrected chi connectivity index (χ0v) is 11.4. The van der Waals surface area contributed by atoms with Gasteiger partial charge in [-0.15, -0.1) is 0 Å². The molecule has 0 radical (unpaired) electrons. The third kappa shape index (κ3) is 2.09. The molecule has 0 atom stereocenters. The van der Waals surface area contributed by atoms with Crippen LogP contribution in [0.15, 0.2) is 24.5 Å². The van der Waals surface area contributed by atoms with Gasteiger partial charge in [0.2, 0.25) is 0 Å². The maximum Gasteiger partial charge on any atom is 0.187 e. The number of nitrogen functional groups attached to an aromatic ring is 1. The number of halogens is 1. The highest BCUT2D eigenvalue weighted by molar-refractivity contribution is 5.55. The normalized spacial score (nSPS) is 14.2. The van der Waals surface area contributed by atoms with E-state index in [4.69, 9.17) is 5.73 Å². The van der Waals surface area contributed by atoms with Crippen molar-refractivity contribution in [3.8, 4) is 0 Å². The molecule has 0 saturated carbocycles. The summed E-state index contributed by atoms with van der Waals surface area (Å²) in [5.41, 5.74) is 9.59. The average molecular weight is 272 g/mol. The highest BCUT2D eigenvalue weighted by atomic mass is 19.1. The van der Waals surface area contributed by atoms with Crippen LogP contribution in [-0.2, 0) is 19.4 Å². The molecular formula is C15H17FN4. The van der Waals surface area contributed by atoms with Crippen LogP contribution in [0, 0.1) is 5.82 Å². The number of fused-ring (bicyclic) bond motifs is 1. The largest absolute Gasteiger partial charge is 0.398 e. The average Bonchev–Trinajstić information content (AvgIpc) is 2.47. The lowest BCUT2D eigenvalue weighted by Gasteiger charge is -2.30. The van der Waals surface area contributed by atoms with Crippen LogP contribution < -0.4 is 10.6 Å². The summed E-state index contributed by atoms with van der Waals surface area (Å²) in [5, 5.41) is 0. The quantitative estimate of drug-likeness (QED) is 0.852. The summed E-state index contributed by atoms with van der Waals surface area (Å²) in [5.74, 6) is 0.0901. The summed E-state index contributed by atoms with van der Waals surface area (Å²) in [6.45, 7) is 3.25. The highest BCUT2D eigenvalue weighted by Gasteiger charge is 2.22. The van der Waals surface area contributed by atoms with E-state index in [1.165, 1.54) is 11.9 Å². The molecule has 0 fully saturated rings. The van der Waals surface area contributed by atoms with Gasteiger partial charge in [-0.05, 0) is 30.0 Å². The van der Waals surface area contributed by atoms with Gasteiger partial charge < -0.3 is 10.6 Å². The molecular weight excluding hydrogens is 255 g/mol. The number of rotatable bonds is 2. The fraction of sp³-hybridized carbons (Fsp3) is 0.333. The number of aromatic nitrogens is 2. The van der Waals surface area contributed by atoms with E-state index in [1.54, 1.807) is 0 Å². The molecule has 1 aromatic heterocycles. The first-order chi connectivity index (χ1) is 9.70. The van der Waals surface area contributed by atoms with E-state index in [0.717, 1.165) is 24.2 Å². The van der Waals surface area contributed by atoms with Crippen LogP contribution >= 0.6 is 0 Å². The third-order valence-electron chi connectivity index (χ3n) is 3.78. The molecule has 1 aliphatic heterocycles. The lowest BCUT2D eigenvalue weighted by atomic mass is 9.98. The number of nitrogens with zero attached hydrogens (tertiary/aromatic N) is 3. The number of hydrogen-bond acceptors (Lipinski definition) is 4. The van der Waals surface area contributed by atoms with E-state index in [-0.39, 0.29) is 5.82 Å². The molecule has 0 amide bonds. The molecule has 0 aliphatic carbocycles. The minimum atomic E-state index is -0.303. The minimum Gasteiger partial charge on any atom is -0.398 e. The summed E-state index contributed by atoms with van der Waals surface area (Å²) in [6, 6.07) is 5.89. The van der Waals surface area contributed by atoms with Crippen molar-refractivity contribution < 1.29 is 4.39 Å². The van der Waals surface area contributed by atoms with Gasteiger partial charge in [-0.2, -0.15) is 0 Å². The zero-order chi connectivity index (χ0) is 14.1. The van der Waals surface area contributed by atoms with Crippen molar-refractivity contribution in [2.45, 2.75) is 26.3 Å². The van der Waals surface area contributed by atoms with Gasteiger partial charge in [0.1, 0.15) is 6.33 Å². The van der Waals surface area contributed by atoms with Crippen LogP contribution in [0.2, 0.25) is 0 Å². The third-order valence-corrected chi connectivity index (χ3v) is 3.78. The fourth-order valence-corrected chi connectivity index (χ4v) is 2.68. The SMILES string of the molecule is CCc1ncnc(N2CCc3c(N)cccc3C2)c1F. The molecule has 0 bridgehead atoms. The molecule has 20 heavy (non-hydrogen) atoms. The second-order valence-corrected chi connectivity index (χ2v) is 4.97. The van der Waals surface area contributed by atoms with Gasteiger partial charge in [0, 0.05) is 18.8 Å². The Morgan fingerprint density at radius 3 is 3.00 bits per heavy atom. The van der Waals surface area contributed by atoms with Gasteiger partial charge in [-0.1, -0.05) is 19.1 Å². The van der Waals surface area contributed by atoms with Crippen molar-refractivity contribution in [1.29, 1.82) is 0 Å². The maximum atomic E-state index is 14.3.